The number of Topliss-reactive ketones (excluding diaryl/α,β-unsaturated/α-hetero) is 1. The van der Waals surface area contributed by atoms with E-state index in [1.165, 1.54) is 0 Å². The zero-order valence-corrected chi connectivity index (χ0v) is 12.1. The summed E-state index contributed by atoms with van der Waals surface area (Å²) >= 11 is 0. The number of nitrogens with two attached hydrogens (primary N) is 1. The van der Waals surface area contributed by atoms with Crippen molar-refractivity contribution in [3.63, 3.8) is 0 Å². The number of anilines is 1. The molecule has 0 saturated carbocycles. The summed E-state index contributed by atoms with van der Waals surface area (Å²) < 4.78 is 5.50. The number of ketones is 1. The molecule has 1 aromatic rings. The number of carbonyl (C=O) groups is 2. The molecule has 1 aliphatic heterocycles. The molecule has 0 saturated heterocycles. The molecule has 21 heavy (non-hydrogen) atoms. The molecule has 3 rings (SSSR count). The van der Waals surface area contributed by atoms with Crippen LogP contribution in [0.3, 0.4) is 0 Å². The van der Waals surface area contributed by atoms with Gasteiger partial charge in [-0.1, -0.05) is 12.1 Å². The Kier molecular flexibility index (Phi) is 3.27. The van der Waals surface area contributed by atoms with Gasteiger partial charge in [-0.3, -0.25) is 9.59 Å². The number of fused-ring (bicyclic) bond motifs is 1. The van der Waals surface area contributed by atoms with E-state index >= 15 is 0 Å². The molecule has 1 amide bonds. The molecule has 2 atom stereocenters. The molecule has 1 aromatic carbocycles. The molecule has 2 unspecified atom stereocenters. The Bertz CT molecular complexity index is 649. The fourth-order valence-corrected chi connectivity index (χ4v) is 3.09. The van der Waals surface area contributed by atoms with Crippen LogP contribution < -0.4 is 5.73 Å². The zero-order chi connectivity index (χ0) is 15.1. The molecule has 2 aliphatic rings. The second-order valence-electron chi connectivity index (χ2n) is 5.87. The first-order valence-corrected chi connectivity index (χ1v) is 7.17. The van der Waals surface area contributed by atoms with E-state index in [1.54, 1.807) is 18.2 Å². The van der Waals surface area contributed by atoms with Crippen LogP contribution in [-0.4, -0.2) is 23.7 Å². The quantitative estimate of drug-likeness (QED) is 0.843. The smallest absolute Gasteiger partial charge is 0.253 e. The fraction of sp³-hybridized carbons (Fsp3) is 0.438. The number of benzene rings is 1. The highest BCUT2D eigenvalue weighted by atomic mass is 16.5. The lowest BCUT2D eigenvalue weighted by molar-refractivity contribution is -0.121. The maximum atomic E-state index is 12.5. The first-order valence-electron chi connectivity index (χ1n) is 7.17. The first kappa shape index (κ1) is 13.8. The summed E-state index contributed by atoms with van der Waals surface area (Å²) in [4.78, 5) is 28.5. The number of nitrogen functional groups attached to an aromatic ring is 1. The van der Waals surface area contributed by atoms with Gasteiger partial charge in [-0.15, -0.1) is 0 Å². The number of hydrogen-bond acceptors (Lipinski definition) is 4. The van der Waals surface area contributed by atoms with Crippen LogP contribution in [0.1, 0.15) is 36.2 Å². The van der Waals surface area contributed by atoms with Crippen molar-refractivity contribution in [1.29, 1.82) is 0 Å². The molecular weight excluding hydrogens is 268 g/mol. The third kappa shape index (κ3) is 2.33. The van der Waals surface area contributed by atoms with Crippen LogP contribution in [0.2, 0.25) is 0 Å². The Hall–Kier alpha value is -2.17. The summed E-state index contributed by atoms with van der Waals surface area (Å²) in [5, 5.41) is 0. The van der Waals surface area contributed by atoms with Crippen molar-refractivity contribution in [2.24, 2.45) is 16.8 Å². The van der Waals surface area contributed by atoms with Gasteiger partial charge in [0.15, 0.2) is 11.7 Å². The molecule has 2 N–H and O–H groups in total. The molecule has 0 aromatic heterocycles. The van der Waals surface area contributed by atoms with Crippen LogP contribution in [0.4, 0.5) is 5.69 Å². The number of rotatable bonds is 2. The predicted octanol–water partition coefficient (Wildman–Crippen LogP) is 1.99. The van der Waals surface area contributed by atoms with E-state index in [9.17, 15) is 9.59 Å². The largest absolute Gasteiger partial charge is 0.478 e. The van der Waals surface area contributed by atoms with Gasteiger partial charge in [0.1, 0.15) is 0 Å². The standard InChI is InChI=1S/C16H18N2O3/c1-8(2)21-14-7-12(16(20)18-14)11-6-10-9(15(11)19)4-3-5-13(10)17/h3-5,8,11-12H,6-7,17H2,1-2H3. The third-order valence-corrected chi connectivity index (χ3v) is 4.04. The Balaban J connectivity index is 1.81. The Morgan fingerprint density at radius 3 is 2.67 bits per heavy atom. The molecule has 1 aliphatic carbocycles. The average molecular weight is 286 g/mol. The minimum absolute atomic E-state index is 0.00310. The second kappa shape index (κ2) is 4.98. The SMILES string of the molecule is CC(C)OC1=NC(=O)C(C2Cc3c(N)cccc3C2=O)C1. The summed E-state index contributed by atoms with van der Waals surface area (Å²) in [5.41, 5.74) is 8.06. The van der Waals surface area contributed by atoms with Crippen LogP contribution >= 0.6 is 0 Å². The van der Waals surface area contributed by atoms with E-state index in [1.807, 2.05) is 13.8 Å². The topological polar surface area (TPSA) is 81.8 Å². The lowest BCUT2D eigenvalue weighted by Gasteiger charge is -2.14. The molecule has 1 heterocycles. The van der Waals surface area contributed by atoms with E-state index in [-0.39, 0.29) is 23.7 Å². The lowest BCUT2D eigenvalue weighted by Crippen LogP contribution is -2.25. The predicted molar refractivity (Wildman–Crippen MR) is 79.1 cm³/mol. The maximum Gasteiger partial charge on any atom is 0.253 e. The number of amides is 1. The van der Waals surface area contributed by atoms with Crippen molar-refractivity contribution >= 4 is 23.3 Å². The van der Waals surface area contributed by atoms with Gasteiger partial charge < -0.3 is 10.5 Å². The van der Waals surface area contributed by atoms with E-state index in [2.05, 4.69) is 4.99 Å². The van der Waals surface area contributed by atoms with Gasteiger partial charge in [0.25, 0.3) is 5.91 Å². The average Bonchev–Trinajstić information content (AvgIpc) is 2.91. The van der Waals surface area contributed by atoms with Crippen molar-refractivity contribution < 1.29 is 14.3 Å². The molecule has 0 bridgehead atoms. The van der Waals surface area contributed by atoms with E-state index < -0.39 is 5.92 Å². The molecule has 0 fully saturated rings. The first-order chi connectivity index (χ1) is 9.97. The monoisotopic (exact) mass is 286 g/mol. The minimum Gasteiger partial charge on any atom is -0.478 e. The number of carbonyl (C=O) groups excluding carboxylic acids is 2. The van der Waals surface area contributed by atoms with Crippen LogP contribution in [0.15, 0.2) is 23.2 Å². The Labute approximate surface area is 123 Å². The van der Waals surface area contributed by atoms with Crippen LogP contribution in [0.25, 0.3) is 0 Å². The number of hydrogen-bond donors (Lipinski definition) is 1. The highest BCUT2D eigenvalue weighted by Gasteiger charge is 2.43. The van der Waals surface area contributed by atoms with Gasteiger partial charge >= 0.3 is 0 Å². The number of aliphatic imine (C=N–C) groups is 1. The van der Waals surface area contributed by atoms with Crippen LogP contribution in [0, 0.1) is 11.8 Å². The number of ether oxygens (including phenoxy) is 1. The molecular formula is C16H18N2O3. The fourth-order valence-electron chi connectivity index (χ4n) is 3.09. The van der Waals surface area contributed by atoms with Crippen molar-refractivity contribution in [2.45, 2.75) is 32.8 Å². The molecule has 110 valence electrons. The summed E-state index contributed by atoms with van der Waals surface area (Å²) in [7, 11) is 0. The highest BCUT2D eigenvalue weighted by molar-refractivity contribution is 6.09. The van der Waals surface area contributed by atoms with Crippen molar-refractivity contribution in [2.75, 3.05) is 5.73 Å². The van der Waals surface area contributed by atoms with Gasteiger partial charge in [0.2, 0.25) is 0 Å². The highest BCUT2D eigenvalue weighted by Crippen LogP contribution is 2.38. The van der Waals surface area contributed by atoms with E-state index in [4.69, 9.17) is 10.5 Å². The van der Waals surface area contributed by atoms with E-state index in [0.717, 1.165) is 5.56 Å². The van der Waals surface area contributed by atoms with Crippen LogP contribution in [-0.2, 0) is 16.0 Å². The second-order valence-corrected chi connectivity index (χ2v) is 5.87. The molecule has 0 spiro atoms. The summed E-state index contributed by atoms with van der Waals surface area (Å²) in [6, 6.07) is 5.34. The lowest BCUT2D eigenvalue weighted by atomic mass is 9.87. The maximum absolute atomic E-state index is 12.5. The summed E-state index contributed by atoms with van der Waals surface area (Å²) in [5.74, 6) is -0.601. The van der Waals surface area contributed by atoms with Gasteiger partial charge in [-0.05, 0) is 31.9 Å². The molecule has 5 nitrogen and oxygen atoms in total. The van der Waals surface area contributed by atoms with Gasteiger partial charge in [-0.25, -0.2) is 0 Å². The Morgan fingerprint density at radius 1 is 1.24 bits per heavy atom. The van der Waals surface area contributed by atoms with Crippen molar-refractivity contribution in [3.05, 3.63) is 29.3 Å². The zero-order valence-electron chi connectivity index (χ0n) is 12.1. The van der Waals surface area contributed by atoms with Gasteiger partial charge in [0.05, 0.1) is 12.0 Å². The van der Waals surface area contributed by atoms with Crippen LogP contribution in [0.5, 0.6) is 0 Å². The van der Waals surface area contributed by atoms with Crippen molar-refractivity contribution in [3.8, 4) is 0 Å². The molecule has 5 heteroatoms. The Morgan fingerprint density at radius 2 is 2.00 bits per heavy atom. The van der Waals surface area contributed by atoms with Gasteiger partial charge in [0, 0.05) is 23.6 Å². The third-order valence-electron chi connectivity index (χ3n) is 4.04. The summed E-state index contributed by atoms with van der Waals surface area (Å²) in [6.07, 6.45) is 0.894. The van der Waals surface area contributed by atoms with Gasteiger partial charge in [-0.2, -0.15) is 4.99 Å². The molecule has 0 radical (unpaired) electrons. The normalized spacial score (nSPS) is 24.4. The van der Waals surface area contributed by atoms with E-state index in [0.29, 0.717) is 30.0 Å². The number of nitrogens with zero attached hydrogens (tertiary/aromatic N) is 1. The summed E-state index contributed by atoms with van der Waals surface area (Å²) in [6.45, 7) is 3.77. The van der Waals surface area contributed by atoms with Crippen molar-refractivity contribution in [1.82, 2.24) is 0 Å². The minimum atomic E-state index is -0.418.